The van der Waals surface area contributed by atoms with Gasteiger partial charge in [0.1, 0.15) is 24.0 Å². The molecule has 0 radical (unpaired) electrons. The molecule has 7 rings (SSSR count). The number of hydrogen-bond acceptors (Lipinski definition) is 11. The molecule has 1 atom stereocenters. The fourth-order valence-electron chi connectivity index (χ4n) is 7.68. The Morgan fingerprint density at radius 1 is 0.964 bits per heavy atom. The largest absolute Gasteiger partial charge is 0.494 e. The number of fused-ring (bicyclic) bond motifs is 1. The number of anilines is 5. The molecular weight excluding hydrogens is 751 g/mol. The standard InChI is InChI=1S/C41H48ClN8O5P/c1-55-35-23-29(12-14-32(35)46-41-44-24-31(42)38(48-41)45-33-9-4-5-10-36(33)56(2,3)54)49-20-17-28(18-21-49)43-19-7-6-8-26-11-13-30-27(22-26)25-50(40(30)53)34-15-16-37(51)47-39(34)52/h4-5,9-14,22-24,28,34,43H,6-8,15-21,25H2,1-3H3,(H,47,51,52)(H2,44,45,46,48). The zero-order chi connectivity index (χ0) is 39.4. The van der Waals surface area contributed by atoms with Crippen LogP contribution in [0.2, 0.25) is 5.02 Å². The van der Waals surface area contributed by atoms with Crippen molar-refractivity contribution in [2.75, 3.05) is 55.6 Å². The highest BCUT2D eigenvalue weighted by Crippen LogP contribution is 2.39. The van der Waals surface area contributed by atoms with E-state index in [1.807, 2.05) is 48.5 Å². The Labute approximate surface area is 332 Å². The summed E-state index contributed by atoms with van der Waals surface area (Å²) in [6, 6.07) is 19.4. The van der Waals surface area contributed by atoms with Gasteiger partial charge in [0.15, 0.2) is 5.82 Å². The minimum Gasteiger partial charge on any atom is -0.494 e. The number of hydrogen-bond donors (Lipinski definition) is 4. The molecule has 4 heterocycles. The molecule has 294 valence electrons. The summed E-state index contributed by atoms with van der Waals surface area (Å²) in [6.07, 6.45) is 7.22. The van der Waals surface area contributed by atoms with Gasteiger partial charge in [-0.05, 0) is 99.9 Å². The summed E-state index contributed by atoms with van der Waals surface area (Å²) >= 11 is 6.46. The number of rotatable bonds is 14. The van der Waals surface area contributed by atoms with Crippen LogP contribution in [0.4, 0.5) is 28.8 Å². The van der Waals surface area contributed by atoms with E-state index >= 15 is 0 Å². The predicted molar refractivity (Wildman–Crippen MR) is 221 cm³/mol. The normalized spacial score (nSPS) is 17.5. The number of nitrogens with zero attached hydrogens (tertiary/aromatic N) is 4. The third-order valence-corrected chi connectivity index (χ3v) is 12.5. The van der Waals surface area contributed by atoms with E-state index in [0.717, 1.165) is 68.7 Å². The van der Waals surface area contributed by atoms with Crippen molar-refractivity contribution < 1.29 is 23.7 Å². The molecule has 3 aliphatic rings. The summed E-state index contributed by atoms with van der Waals surface area (Å²) < 4.78 is 18.6. The van der Waals surface area contributed by atoms with Crippen molar-refractivity contribution >= 4 is 70.6 Å². The quantitative estimate of drug-likeness (QED) is 0.0653. The molecule has 3 aromatic carbocycles. The van der Waals surface area contributed by atoms with Crippen LogP contribution in [-0.4, -0.2) is 84.7 Å². The first-order chi connectivity index (χ1) is 27.0. The number of nitrogens with one attached hydrogen (secondary N) is 4. The zero-order valence-corrected chi connectivity index (χ0v) is 33.6. The molecule has 1 unspecified atom stereocenters. The van der Waals surface area contributed by atoms with Gasteiger partial charge in [-0.3, -0.25) is 19.7 Å². The lowest BCUT2D eigenvalue weighted by Crippen LogP contribution is -2.52. The second-order valence-electron chi connectivity index (χ2n) is 15.0. The lowest BCUT2D eigenvalue weighted by Gasteiger charge is -2.34. The highest BCUT2D eigenvalue weighted by Gasteiger charge is 2.39. The molecular formula is C41H48ClN8O5P. The maximum Gasteiger partial charge on any atom is 0.255 e. The van der Waals surface area contributed by atoms with E-state index in [4.69, 9.17) is 16.3 Å². The molecule has 0 spiro atoms. The number of halogens is 1. The van der Waals surface area contributed by atoms with Crippen LogP contribution in [0.15, 0.2) is 66.9 Å². The molecule has 13 nitrogen and oxygen atoms in total. The number of amides is 3. The number of carbonyl (C=O) groups is 3. The minimum absolute atomic E-state index is 0.136. The summed E-state index contributed by atoms with van der Waals surface area (Å²) in [5, 5.41) is 13.7. The van der Waals surface area contributed by atoms with Gasteiger partial charge in [0, 0.05) is 54.7 Å². The number of carbonyl (C=O) groups excluding carboxylic acids is 3. The molecule has 3 amide bonds. The fraction of sp³-hybridized carbons (Fsp3) is 0.390. The molecule has 0 aliphatic carbocycles. The molecule has 15 heteroatoms. The lowest BCUT2D eigenvalue weighted by atomic mass is 10.0. The second kappa shape index (κ2) is 17.0. The first-order valence-electron chi connectivity index (χ1n) is 19.1. The molecule has 2 saturated heterocycles. The summed E-state index contributed by atoms with van der Waals surface area (Å²) in [5.41, 5.74) is 5.28. The number of methoxy groups -OCH3 is 1. The SMILES string of the molecule is COc1cc(N2CCC(NCCCCc3ccc4c(c3)CN(C3CCC(=O)NC3=O)C4=O)CC2)ccc1Nc1ncc(Cl)c(Nc2ccccc2P(C)(C)=O)n1. The van der Waals surface area contributed by atoms with Gasteiger partial charge in [-0.25, -0.2) is 4.98 Å². The van der Waals surface area contributed by atoms with Crippen molar-refractivity contribution in [1.82, 2.24) is 25.5 Å². The maximum atomic E-state index is 13.0. The average molecular weight is 799 g/mol. The Morgan fingerprint density at radius 2 is 1.77 bits per heavy atom. The van der Waals surface area contributed by atoms with Crippen LogP contribution in [0.3, 0.4) is 0 Å². The number of aromatic nitrogens is 2. The van der Waals surface area contributed by atoms with E-state index in [9.17, 15) is 18.9 Å². The number of benzene rings is 3. The van der Waals surface area contributed by atoms with Gasteiger partial charge in [0.25, 0.3) is 5.91 Å². The predicted octanol–water partition coefficient (Wildman–Crippen LogP) is 6.22. The fourth-order valence-corrected chi connectivity index (χ4v) is 8.97. The van der Waals surface area contributed by atoms with Crippen molar-refractivity contribution in [3.8, 4) is 5.75 Å². The smallest absolute Gasteiger partial charge is 0.255 e. The van der Waals surface area contributed by atoms with E-state index in [0.29, 0.717) is 58.1 Å². The Morgan fingerprint density at radius 3 is 2.54 bits per heavy atom. The van der Waals surface area contributed by atoms with Crippen molar-refractivity contribution in [3.05, 3.63) is 88.6 Å². The molecule has 2 fully saturated rings. The number of para-hydroxylation sites is 1. The highest BCUT2D eigenvalue weighted by atomic mass is 35.5. The van der Waals surface area contributed by atoms with Crippen LogP contribution in [0, 0.1) is 0 Å². The Balaban J connectivity index is 0.862. The second-order valence-corrected chi connectivity index (χ2v) is 18.5. The van der Waals surface area contributed by atoms with Gasteiger partial charge < -0.3 is 35.1 Å². The molecule has 56 heavy (non-hydrogen) atoms. The topological polar surface area (TPSA) is 158 Å². The van der Waals surface area contributed by atoms with Crippen molar-refractivity contribution in [1.29, 1.82) is 0 Å². The zero-order valence-electron chi connectivity index (χ0n) is 31.9. The average Bonchev–Trinajstić information content (AvgIpc) is 3.51. The van der Waals surface area contributed by atoms with Crippen LogP contribution in [0.25, 0.3) is 0 Å². The maximum absolute atomic E-state index is 13.0. The van der Waals surface area contributed by atoms with Crippen LogP contribution in [-0.2, 0) is 27.1 Å². The summed E-state index contributed by atoms with van der Waals surface area (Å²) in [6.45, 7) is 6.66. The van der Waals surface area contributed by atoms with Gasteiger partial charge in [0.05, 0.1) is 24.7 Å². The molecule has 0 saturated carbocycles. The van der Waals surface area contributed by atoms with E-state index in [-0.39, 0.29) is 24.1 Å². The van der Waals surface area contributed by atoms with Crippen molar-refractivity contribution in [2.45, 2.75) is 63.6 Å². The third-order valence-electron chi connectivity index (χ3n) is 10.7. The van der Waals surface area contributed by atoms with Crippen LogP contribution < -0.4 is 36.2 Å². The van der Waals surface area contributed by atoms with Crippen molar-refractivity contribution in [2.24, 2.45) is 0 Å². The number of ether oxygens (including phenoxy) is 1. The summed E-state index contributed by atoms with van der Waals surface area (Å²) in [4.78, 5) is 49.9. The van der Waals surface area contributed by atoms with E-state index in [1.54, 1.807) is 25.3 Å². The Kier molecular flexibility index (Phi) is 11.9. The highest BCUT2D eigenvalue weighted by molar-refractivity contribution is 7.70. The van der Waals surface area contributed by atoms with Crippen LogP contribution in [0.1, 0.15) is 60.0 Å². The van der Waals surface area contributed by atoms with Crippen molar-refractivity contribution in [3.63, 3.8) is 0 Å². The van der Waals surface area contributed by atoms with Gasteiger partial charge in [-0.1, -0.05) is 35.9 Å². The van der Waals surface area contributed by atoms with Gasteiger partial charge in [-0.2, -0.15) is 4.98 Å². The minimum atomic E-state index is -2.54. The molecule has 1 aromatic heterocycles. The summed E-state index contributed by atoms with van der Waals surface area (Å²) in [7, 11) is -0.901. The van der Waals surface area contributed by atoms with Crippen LogP contribution in [0.5, 0.6) is 5.75 Å². The Bertz CT molecular complexity index is 2170. The molecule has 0 bridgehead atoms. The first kappa shape index (κ1) is 39.3. The van der Waals surface area contributed by atoms with Gasteiger partial charge in [-0.15, -0.1) is 0 Å². The number of aryl methyl sites for hydroxylation is 1. The summed E-state index contributed by atoms with van der Waals surface area (Å²) in [5.74, 6) is 0.606. The van der Waals surface area contributed by atoms with E-state index in [2.05, 4.69) is 48.3 Å². The third kappa shape index (κ3) is 9.01. The van der Waals surface area contributed by atoms with Gasteiger partial charge in [0.2, 0.25) is 17.8 Å². The molecule has 3 aliphatic heterocycles. The Hall–Kier alpha value is -4.97. The van der Waals surface area contributed by atoms with Gasteiger partial charge >= 0.3 is 0 Å². The van der Waals surface area contributed by atoms with E-state index in [1.165, 1.54) is 11.8 Å². The number of imide groups is 1. The lowest BCUT2D eigenvalue weighted by molar-refractivity contribution is -0.136. The molecule has 4 aromatic rings. The number of unbranched alkanes of at least 4 members (excludes halogenated alkanes) is 1. The first-order valence-corrected chi connectivity index (χ1v) is 22.1. The monoisotopic (exact) mass is 798 g/mol. The number of piperidine rings is 2. The molecule has 4 N–H and O–H groups in total. The van der Waals surface area contributed by atoms with E-state index < -0.39 is 13.2 Å². The van der Waals surface area contributed by atoms with Crippen LogP contribution >= 0.6 is 18.7 Å².